The van der Waals surface area contributed by atoms with Gasteiger partial charge in [0.1, 0.15) is 5.60 Å². The molecule has 1 aliphatic rings. The zero-order chi connectivity index (χ0) is 13.0. The first kappa shape index (κ1) is 16.5. The van der Waals surface area contributed by atoms with Crippen LogP contribution in [-0.4, -0.2) is 12.1 Å². The highest BCUT2D eigenvalue weighted by Crippen LogP contribution is 2.15. The average Bonchev–Trinajstić information content (AvgIpc) is 2.26. The van der Waals surface area contributed by atoms with Crippen molar-refractivity contribution >= 4 is 6.47 Å². The lowest BCUT2D eigenvalue weighted by Crippen LogP contribution is -2.17. The van der Waals surface area contributed by atoms with E-state index < -0.39 is 0 Å². The van der Waals surface area contributed by atoms with Crippen LogP contribution in [0, 0.1) is 0 Å². The molecule has 17 heavy (non-hydrogen) atoms. The van der Waals surface area contributed by atoms with Gasteiger partial charge in [-0.1, -0.05) is 64.2 Å². The number of rotatable bonds is 1. The van der Waals surface area contributed by atoms with Gasteiger partial charge < -0.3 is 4.74 Å². The van der Waals surface area contributed by atoms with Crippen LogP contribution in [0.25, 0.3) is 0 Å². The zero-order valence-corrected chi connectivity index (χ0v) is 12.0. The van der Waals surface area contributed by atoms with E-state index >= 15 is 0 Å². The molecular formula is C15H30O2. The second-order valence-electron chi connectivity index (χ2n) is 5.86. The summed E-state index contributed by atoms with van der Waals surface area (Å²) in [6, 6.07) is 0. The summed E-state index contributed by atoms with van der Waals surface area (Å²) in [6.07, 6.45) is 15.0. The Morgan fingerprint density at radius 2 is 0.941 bits per heavy atom. The van der Waals surface area contributed by atoms with Crippen LogP contribution < -0.4 is 0 Å². The summed E-state index contributed by atoms with van der Waals surface area (Å²) in [5.41, 5.74) is -0.318. The molecule has 0 unspecified atom stereocenters. The van der Waals surface area contributed by atoms with Gasteiger partial charge in [0.2, 0.25) is 0 Å². The molecule has 0 aromatic rings. The number of ether oxygens (including phenoxy) is 1. The molecule has 0 amide bonds. The van der Waals surface area contributed by atoms with Crippen molar-refractivity contribution in [3.05, 3.63) is 0 Å². The van der Waals surface area contributed by atoms with E-state index in [1.165, 1.54) is 64.2 Å². The summed E-state index contributed by atoms with van der Waals surface area (Å²) >= 11 is 0. The van der Waals surface area contributed by atoms with E-state index in [0.29, 0.717) is 6.47 Å². The van der Waals surface area contributed by atoms with E-state index in [4.69, 9.17) is 0 Å². The van der Waals surface area contributed by atoms with Gasteiger partial charge in [0, 0.05) is 0 Å². The predicted octanol–water partition coefficient (Wildman–Crippen LogP) is 4.86. The molecule has 1 fully saturated rings. The third-order valence-electron chi connectivity index (χ3n) is 2.90. The quantitative estimate of drug-likeness (QED) is 0.614. The number of carbonyl (C=O) groups is 1. The van der Waals surface area contributed by atoms with Gasteiger partial charge in [-0.25, -0.2) is 0 Å². The minimum atomic E-state index is -0.318. The number of hydrogen-bond donors (Lipinski definition) is 0. The van der Waals surface area contributed by atoms with E-state index in [1.54, 1.807) is 0 Å². The predicted molar refractivity (Wildman–Crippen MR) is 73.1 cm³/mol. The standard InChI is InChI=1S/C10H20.C5H10O2/c1-2-4-6-8-10-9-7-5-3-1;1-5(2,3)7-4-6/h1-10H2;4H,1-3H3. The highest BCUT2D eigenvalue weighted by Gasteiger charge is 2.07. The van der Waals surface area contributed by atoms with Gasteiger partial charge in [0.25, 0.3) is 6.47 Å². The van der Waals surface area contributed by atoms with Crippen LogP contribution in [0.3, 0.4) is 0 Å². The maximum atomic E-state index is 9.60. The van der Waals surface area contributed by atoms with Crippen LogP contribution in [0.15, 0.2) is 0 Å². The van der Waals surface area contributed by atoms with E-state index in [2.05, 4.69) is 4.74 Å². The molecule has 0 aromatic carbocycles. The Bertz CT molecular complexity index is 137. The van der Waals surface area contributed by atoms with Gasteiger partial charge >= 0.3 is 0 Å². The smallest absolute Gasteiger partial charge is 0.293 e. The minimum absolute atomic E-state index is 0.318. The maximum Gasteiger partial charge on any atom is 0.293 e. The summed E-state index contributed by atoms with van der Waals surface area (Å²) < 4.78 is 4.55. The zero-order valence-electron chi connectivity index (χ0n) is 12.0. The van der Waals surface area contributed by atoms with Crippen LogP contribution in [-0.2, 0) is 9.53 Å². The molecule has 102 valence electrons. The molecule has 1 rings (SSSR count). The van der Waals surface area contributed by atoms with Crippen LogP contribution in [0.5, 0.6) is 0 Å². The van der Waals surface area contributed by atoms with Crippen molar-refractivity contribution in [3.8, 4) is 0 Å². The van der Waals surface area contributed by atoms with Crippen molar-refractivity contribution in [2.24, 2.45) is 0 Å². The summed E-state index contributed by atoms with van der Waals surface area (Å²) in [5, 5.41) is 0. The summed E-state index contributed by atoms with van der Waals surface area (Å²) in [4.78, 5) is 9.60. The Morgan fingerprint density at radius 3 is 1.00 bits per heavy atom. The monoisotopic (exact) mass is 242 g/mol. The van der Waals surface area contributed by atoms with Crippen molar-refractivity contribution in [1.29, 1.82) is 0 Å². The summed E-state index contributed by atoms with van der Waals surface area (Å²) in [5.74, 6) is 0. The summed E-state index contributed by atoms with van der Waals surface area (Å²) in [6.45, 7) is 5.92. The Hall–Kier alpha value is -0.530. The number of carbonyl (C=O) groups excluding carboxylic acids is 1. The van der Waals surface area contributed by atoms with E-state index in [1.807, 2.05) is 20.8 Å². The second kappa shape index (κ2) is 10.6. The fraction of sp³-hybridized carbons (Fsp3) is 0.933. The Kier molecular flexibility index (Phi) is 10.3. The topological polar surface area (TPSA) is 26.3 Å². The van der Waals surface area contributed by atoms with Gasteiger partial charge in [-0.05, 0) is 20.8 Å². The van der Waals surface area contributed by atoms with Crippen molar-refractivity contribution in [2.75, 3.05) is 0 Å². The van der Waals surface area contributed by atoms with Crippen molar-refractivity contribution in [2.45, 2.75) is 90.6 Å². The molecule has 0 N–H and O–H groups in total. The fourth-order valence-corrected chi connectivity index (χ4v) is 1.91. The lowest BCUT2D eigenvalue weighted by atomic mass is 10.0. The molecular weight excluding hydrogens is 212 g/mol. The molecule has 2 heteroatoms. The van der Waals surface area contributed by atoms with E-state index in [0.717, 1.165) is 0 Å². The van der Waals surface area contributed by atoms with Gasteiger partial charge in [-0.15, -0.1) is 0 Å². The molecule has 1 aliphatic carbocycles. The molecule has 0 heterocycles. The molecule has 1 saturated carbocycles. The lowest BCUT2D eigenvalue weighted by Gasteiger charge is -2.14. The first-order valence-corrected chi connectivity index (χ1v) is 7.18. The molecule has 0 saturated heterocycles. The van der Waals surface area contributed by atoms with Gasteiger partial charge in [-0.3, -0.25) is 4.79 Å². The molecule has 0 spiro atoms. The number of hydrogen-bond acceptors (Lipinski definition) is 2. The SMILES string of the molecule is C1CCCCCCCCC1.CC(C)(C)OC=O. The fourth-order valence-electron chi connectivity index (χ4n) is 1.91. The normalized spacial score (nSPS) is 18.5. The Morgan fingerprint density at radius 1 is 0.706 bits per heavy atom. The lowest BCUT2D eigenvalue weighted by molar-refractivity contribution is -0.138. The maximum absolute atomic E-state index is 9.60. The second-order valence-corrected chi connectivity index (χ2v) is 5.86. The highest BCUT2D eigenvalue weighted by atomic mass is 16.5. The minimum Gasteiger partial charge on any atom is -0.462 e. The molecule has 0 atom stereocenters. The van der Waals surface area contributed by atoms with Gasteiger partial charge in [-0.2, -0.15) is 0 Å². The highest BCUT2D eigenvalue weighted by molar-refractivity contribution is 5.37. The Labute approximate surface area is 107 Å². The van der Waals surface area contributed by atoms with Crippen LogP contribution in [0.1, 0.15) is 85.0 Å². The van der Waals surface area contributed by atoms with Gasteiger partial charge in [0.05, 0.1) is 0 Å². The third kappa shape index (κ3) is 15.5. The summed E-state index contributed by atoms with van der Waals surface area (Å²) in [7, 11) is 0. The molecule has 0 aromatic heterocycles. The molecule has 0 radical (unpaired) electrons. The van der Waals surface area contributed by atoms with Crippen LogP contribution in [0.4, 0.5) is 0 Å². The molecule has 0 bridgehead atoms. The molecule has 2 nitrogen and oxygen atoms in total. The Balaban J connectivity index is 0.000000325. The first-order chi connectivity index (χ1) is 8.06. The van der Waals surface area contributed by atoms with Crippen molar-refractivity contribution in [3.63, 3.8) is 0 Å². The first-order valence-electron chi connectivity index (χ1n) is 7.18. The third-order valence-corrected chi connectivity index (χ3v) is 2.90. The van der Waals surface area contributed by atoms with Crippen LogP contribution in [0.2, 0.25) is 0 Å². The average molecular weight is 242 g/mol. The van der Waals surface area contributed by atoms with Crippen LogP contribution >= 0.6 is 0 Å². The largest absolute Gasteiger partial charge is 0.462 e. The van der Waals surface area contributed by atoms with Gasteiger partial charge in [0.15, 0.2) is 0 Å². The van der Waals surface area contributed by atoms with E-state index in [-0.39, 0.29) is 5.60 Å². The molecule has 0 aliphatic heterocycles. The van der Waals surface area contributed by atoms with Crippen molar-refractivity contribution < 1.29 is 9.53 Å². The van der Waals surface area contributed by atoms with E-state index in [9.17, 15) is 4.79 Å². The van der Waals surface area contributed by atoms with Crippen molar-refractivity contribution in [1.82, 2.24) is 0 Å².